The number of carbonyl (C=O) groups excluding carboxylic acids is 2. The summed E-state index contributed by atoms with van der Waals surface area (Å²) in [6.45, 7) is 2.79. The molecule has 0 saturated heterocycles. The number of anilines is 1. The van der Waals surface area contributed by atoms with Crippen LogP contribution in [0.5, 0.6) is 0 Å². The number of halogens is 2. The predicted molar refractivity (Wildman–Crippen MR) is 97.3 cm³/mol. The van der Waals surface area contributed by atoms with Crippen LogP contribution in [0.1, 0.15) is 43.7 Å². The molecule has 2 amide bonds. The van der Waals surface area contributed by atoms with E-state index >= 15 is 0 Å². The van der Waals surface area contributed by atoms with Gasteiger partial charge in [-0.3, -0.25) is 9.59 Å². The number of hydrogen-bond acceptors (Lipinski definition) is 3. The van der Waals surface area contributed by atoms with Crippen molar-refractivity contribution >= 4 is 29.9 Å². The fourth-order valence-corrected chi connectivity index (χ4v) is 3.75. The smallest absolute Gasteiger partial charge is 0.247 e. The SMILES string of the molecule is CC(=O)NC(C(=O)Nc1ccc2c(c1F)CCNC2)C1CCCC1.Cl. The molecule has 1 aromatic rings. The normalized spacial score (nSPS) is 18.0. The summed E-state index contributed by atoms with van der Waals surface area (Å²) in [5, 5.41) is 8.64. The van der Waals surface area contributed by atoms with Crippen molar-refractivity contribution in [3.63, 3.8) is 0 Å². The van der Waals surface area contributed by atoms with Crippen molar-refractivity contribution in [3.8, 4) is 0 Å². The number of amides is 2. The summed E-state index contributed by atoms with van der Waals surface area (Å²) in [7, 11) is 0. The van der Waals surface area contributed by atoms with E-state index in [1.165, 1.54) is 6.92 Å². The average molecular weight is 370 g/mol. The summed E-state index contributed by atoms with van der Waals surface area (Å²) in [6.07, 6.45) is 4.57. The molecular formula is C18H25ClFN3O2. The largest absolute Gasteiger partial charge is 0.344 e. The molecule has 1 unspecified atom stereocenters. The van der Waals surface area contributed by atoms with Gasteiger partial charge >= 0.3 is 0 Å². The minimum atomic E-state index is -0.595. The lowest BCUT2D eigenvalue weighted by Gasteiger charge is -2.24. The summed E-state index contributed by atoms with van der Waals surface area (Å²) < 4.78 is 14.7. The van der Waals surface area contributed by atoms with E-state index in [0.717, 1.165) is 37.8 Å². The van der Waals surface area contributed by atoms with Crippen LogP contribution in [0.4, 0.5) is 10.1 Å². The van der Waals surface area contributed by atoms with Crippen LogP contribution in [0, 0.1) is 11.7 Å². The van der Waals surface area contributed by atoms with Crippen molar-refractivity contribution in [3.05, 3.63) is 29.1 Å². The van der Waals surface area contributed by atoms with Gasteiger partial charge in [-0.05, 0) is 48.9 Å². The first-order valence-corrected chi connectivity index (χ1v) is 8.65. The van der Waals surface area contributed by atoms with Gasteiger partial charge in [0.15, 0.2) is 0 Å². The van der Waals surface area contributed by atoms with E-state index in [4.69, 9.17) is 0 Å². The third-order valence-corrected chi connectivity index (χ3v) is 4.98. The summed E-state index contributed by atoms with van der Waals surface area (Å²) in [4.78, 5) is 24.1. The first kappa shape index (κ1) is 19.7. The highest BCUT2D eigenvalue weighted by molar-refractivity contribution is 5.97. The Bertz CT molecular complexity index is 647. The Hall–Kier alpha value is -1.66. The van der Waals surface area contributed by atoms with Crippen LogP contribution in [0.15, 0.2) is 12.1 Å². The van der Waals surface area contributed by atoms with E-state index in [9.17, 15) is 14.0 Å². The lowest BCUT2D eigenvalue weighted by Crippen LogP contribution is -2.47. The van der Waals surface area contributed by atoms with E-state index in [2.05, 4.69) is 16.0 Å². The zero-order valence-corrected chi connectivity index (χ0v) is 15.2. The van der Waals surface area contributed by atoms with E-state index in [1.807, 2.05) is 6.07 Å². The van der Waals surface area contributed by atoms with Crippen molar-refractivity contribution in [2.75, 3.05) is 11.9 Å². The van der Waals surface area contributed by atoms with Gasteiger partial charge in [-0.25, -0.2) is 4.39 Å². The summed E-state index contributed by atoms with van der Waals surface area (Å²) in [6, 6.07) is 2.86. The second kappa shape index (κ2) is 8.63. The Morgan fingerprint density at radius 2 is 2.00 bits per heavy atom. The highest BCUT2D eigenvalue weighted by atomic mass is 35.5. The molecule has 1 aromatic carbocycles. The fourth-order valence-electron chi connectivity index (χ4n) is 3.75. The second-order valence-electron chi connectivity index (χ2n) is 6.70. The van der Waals surface area contributed by atoms with Crippen LogP contribution in [-0.4, -0.2) is 24.4 Å². The van der Waals surface area contributed by atoms with Gasteiger partial charge in [0.05, 0.1) is 5.69 Å². The third-order valence-electron chi connectivity index (χ3n) is 4.98. The molecule has 3 N–H and O–H groups in total. The van der Waals surface area contributed by atoms with Gasteiger partial charge in [-0.15, -0.1) is 12.4 Å². The van der Waals surface area contributed by atoms with Crippen molar-refractivity contribution in [2.45, 2.75) is 51.6 Å². The Labute approximate surface area is 153 Å². The number of fused-ring (bicyclic) bond motifs is 1. The van der Waals surface area contributed by atoms with Crippen LogP contribution in [0.25, 0.3) is 0 Å². The van der Waals surface area contributed by atoms with Crippen LogP contribution < -0.4 is 16.0 Å². The number of rotatable bonds is 4. The van der Waals surface area contributed by atoms with Crippen molar-refractivity contribution in [1.82, 2.24) is 10.6 Å². The van der Waals surface area contributed by atoms with E-state index in [1.54, 1.807) is 6.07 Å². The van der Waals surface area contributed by atoms with Crippen LogP contribution in [0.3, 0.4) is 0 Å². The maximum absolute atomic E-state index is 14.7. The predicted octanol–water partition coefficient (Wildman–Crippen LogP) is 2.53. The van der Waals surface area contributed by atoms with Crippen LogP contribution in [-0.2, 0) is 22.6 Å². The van der Waals surface area contributed by atoms with Gasteiger partial charge in [-0.1, -0.05) is 18.9 Å². The first-order valence-electron chi connectivity index (χ1n) is 8.65. The number of carbonyl (C=O) groups is 2. The highest BCUT2D eigenvalue weighted by Gasteiger charge is 2.32. The zero-order chi connectivity index (χ0) is 17.1. The molecule has 0 spiro atoms. The molecule has 1 aliphatic carbocycles. The Balaban J connectivity index is 0.00000225. The lowest BCUT2D eigenvalue weighted by atomic mass is 9.96. The Morgan fingerprint density at radius 1 is 1.28 bits per heavy atom. The van der Waals surface area contributed by atoms with Crippen molar-refractivity contribution in [2.24, 2.45) is 5.92 Å². The maximum atomic E-state index is 14.7. The molecule has 5 nitrogen and oxygen atoms in total. The molecule has 25 heavy (non-hydrogen) atoms. The minimum Gasteiger partial charge on any atom is -0.344 e. The fraction of sp³-hybridized carbons (Fsp3) is 0.556. The van der Waals surface area contributed by atoms with Crippen molar-refractivity contribution in [1.29, 1.82) is 0 Å². The zero-order valence-electron chi connectivity index (χ0n) is 14.4. The molecule has 0 aromatic heterocycles. The minimum absolute atomic E-state index is 0. The van der Waals surface area contributed by atoms with Gasteiger partial charge in [0.1, 0.15) is 11.9 Å². The molecule has 0 radical (unpaired) electrons. The average Bonchev–Trinajstić information content (AvgIpc) is 3.09. The molecule has 1 saturated carbocycles. The molecule has 1 heterocycles. The number of nitrogens with one attached hydrogen (secondary N) is 3. The summed E-state index contributed by atoms with van der Waals surface area (Å²) in [5.74, 6) is -0.793. The molecule has 1 fully saturated rings. The molecule has 1 aliphatic heterocycles. The lowest BCUT2D eigenvalue weighted by molar-refractivity contribution is -0.126. The first-order chi connectivity index (χ1) is 11.6. The van der Waals surface area contributed by atoms with Gasteiger partial charge in [0, 0.05) is 13.5 Å². The van der Waals surface area contributed by atoms with E-state index in [0.29, 0.717) is 18.5 Å². The van der Waals surface area contributed by atoms with Crippen LogP contribution >= 0.6 is 12.4 Å². The topological polar surface area (TPSA) is 70.2 Å². The third kappa shape index (κ3) is 4.50. The molecule has 3 rings (SSSR count). The Kier molecular flexibility index (Phi) is 6.79. The van der Waals surface area contributed by atoms with Crippen molar-refractivity contribution < 1.29 is 14.0 Å². The quantitative estimate of drug-likeness (QED) is 0.763. The molecule has 0 bridgehead atoms. The molecule has 2 aliphatic rings. The molecular weight excluding hydrogens is 345 g/mol. The monoisotopic (exact) mass is 369 g/mol. The number of benzene rings is 1. The van der Waals surface area contributed by atoms with Gasteiger partial charge in [-0.2, -0.15) is 0 Å². The van der Waals surface area contributed by atoms with Gasteiger partial charge < -0.3 is 16.0 Å². The Morgan fingerprint density at radius 3 is 2.68 bits per heavy atom. The maximum Gasteiger partial charge on any atom is 0.247 e. The molecule has 7 heteroatoms. The number of hydrogen-bond donors (Lipinski definition) is 3. The summed E-state index contributed by atoms with van der Waals surface area (Å²) in [5.41, 5.74) is 1.81. The van der Waals surface area contributed by atoms with Crippen LogP contribution in [0.2, 0.25) is 0 Å². The van der Waals surface area contributed by atoms with E-state index < -0.39 is 6.04 Å². The van der Waals surface area contributed by atoms with Gasteiger partial charge in [0.2, 0.25) is 11.8 Å². The standard InChI is InChI=1S/C18H24FN3O2.ClH/c1-11(23)21-17(12-4-2-3-5-12)18(24)22-15-7-6-13-10-20-9-8-14(13)16(15)19;/h6-7,12,17,20H,2-5,8-10H2,1H3,(H,21,23)(H,22,24);1H. The van der Waals surface area contributed by atoms with E-state index in [-0.39, 0.29) is 41.6 Å². The molecule has 1 atom stereocenters. The van der Waals surface area contributed by atoms with Gasteiger partial charge in [0.25, 0.3) is 0 Å². The molecule has 138 valence electrons. The highest BCUT2D eigenvalue weighted by Crippen LogP contribution is 2.29. The second-order valence-corrected chi connectivity index (χ2v) is 6.70. The summed E-state index contributed by atoms with van der Waals surface area (Å²) >= 11 is 0.